The van der Waals surface area contributed by atoms with Crippen LogP contribution in [0.1, 0.15) is 34.7 Å². The van der Waals surface area contributed by atoms with Crippen LogP contribution in [0.4, 0.5) is 0 Å². The minimum atomic E-state index is -0.313. The largest absolute Gasteiger partial charge is 0.342 e. The van der Waals surface area contributed by atoms with E-state index in [2.05, 4.69) is 25.6 Å². The van der Waals surface area contributed by atoms with Gasteiger partial charge in [-0.1, -0.05) is 35.0 Å². The van der Waals surface area contributed by atoms with Crippen molar-refractivity contribution in [1.82, 2.24) is 30.3 Å². The molecule has 0 aliphatic carbocycles. The van der Waals surface area contributed by atoms with Gasteiger partial charge in [-0.3, -0.25) is 4.79 Å². The van der Waals surface area contributed by atoms with E-state index in [1.54, 1.807) is 23.1 Å². The number of hydrogen-bond donors (Lipinski definition) is 1. The lowest BCUT2D eigenvalue weighted by Crippen LogP contribution is -2.27. The van der Waals surface area contributed by atoms with E-state index in [9.17, 15) is 4.79 Å². The molecule has 0 fully saturated rings. The van der Waals surface area contributed by atoms with Gasteiger partial charge in [0.05, 0.1) is 24.5 Å². The molecule has 0 aliphatic rings. The number of benzene rings is 1. The first-order chi connectivity index (χ1) is 11.6. The molecule has 0 bridgehead atoms. The number of carbonyl (C=O) groups excluding carboxylic acids is 1. The lowest BCUT2D eigenvalue weighted by atomic mass is 10.2. The summed E-state index contributed by atoms with van der Waals surface area (Å²) in [6.45, 7) is 2.29. The maximum Gasteiger partial charge on any atom is 0.273 e. The molecule has 1 atom stereocenters. The first kappa shape index (κ1) is 16.1. The zero-order valence-electron chi connectivity index (χ0n) is 12.9. The van der Waals surface area contributed by atoms with E-state index in [0.29, 0.717) is 11.6 Å². The number of nitrogens with one attached hydrogen (secondary N) is 1. The molecule has 0 spiro atoms. The van der Waals surface area contributed by atoms with Gasteiger partial charge in [0.15, 0.2) is 5.69 Å². The Morgan fingerprint density at radius 1 is 1.33 bits per heavy atom. The minimum absolute atomic E-state index is 0.239. The molecule has 7 nitrogen and oxygen atoms in total. The lowest BCUT2D eigenvalue weighted by Gasteiger charge is -2.11. The highest BCUT2D eigenvalue weighted by atomic mass is 35.5. The third-order valence-electron chi connectivity index (χ3n) is 3.46. The van der Waals surface area contributed by atoms with Crippen molar-refractivity contribution in [3.63, 3.8) is 0 Å². The molecule has 24 heavy (non-hydrogen) atoms. The molecule has 1 aromatic carbocycles. The summed E-state index contributed by atoms with van der Waals surface area (Å²) in [7, 11) is 0. The molecule has 1 N–H and O–H groups in total. The van der Waals surface area contributed by atoms with Crippen molar-refractivity contribution in [3.8, 4) is 0 Å². The van der Waals surface area contributed by atoms with E-state index in [1.165, 1.54) is 6.33 Å². The van der Waals surface area contributed by atoms with E-state index in [4.69, 9.17) is 11.6 Å². The van der Waals surface area contributed by atoms with Crippen molar-refractivity contribution in [3.05, 3.63) is 71.0 Å². The number of rotatable bonds is 5. The van der Waals surface area contributed by atoms with Gasteiger partial charge in [-0.05, 0) is 24.6 Å². The van der Waals surface area contributed by atoms with Crippen LogP contribution < -0.4 is 5.32 Å². The van der Waals surface area contributed by atoms with Crippen molar-refractivity contribution in [1.29, 1.82) is 0 Å². The number of amides is 1. The highest BCUT2D eigenvalue weighted by molar-refractivity contribution is 6.31. The van der Waals surface area contributed by atoms with Crippen molar-refractivity contribution in [2.45, 2.75) is 19.5 Å². The molecule has 0 radical (unpaired) electrons. The summed E-state index contributed by atoms with van der Waals surface area (Å²) in [6, 6.07) is 8.97. The second-order valence-corrected chi connectivity index (χ2v) is 5.63. The van der Waals surface area contributed by atoms with E-state index in [-0.39, 0.29) is 17.6 Å². The summed E-state index contributed by atoms with van der Waals surface area (Å²) < 4.78 is 1.57. The van der Waals surface area contributed by atoms with Gasteiger partial charge in [-0.25, -0.2) is 14.6 Å². The van der Waals surface area contributed by atoms with Gasteiger partial charge < -0.3 is 5.32 Å². The van der Waals surface area contributed by atoms with Gasteiger partial charge in [0.1, 0.15) is 6.33 Å². The van der Waals surface area contributed by atoms with Crippen LogP contribution in [0, 0.1) is 0 Å². The van der Waals surface area contributed by atoms with Crippen LogP contribution in [-0.2, 0) is 6.54 Å². The van der Waals surface area contributed by atoms with Crippen LogP contribution >= 0.6 is 11.6 Å². The molecular formula is C16H15ClN6O. The third-order valence-corrected chi connectivity index (χ3v) is 3.83. The van der Waals surface area contributed by atoms with Gasteiger partial charge in [0, 0.05) is 11.2 Å². The molecule has 122 valence electrons. The second kappa shape index (κ2) is 7.18. The van der Waals surface area contributed by atoms with Gasteiger partial charge in [0.25, 0.3) is 5.91 Å². The Morgan fingerprint density at radius 2 is 2.17 bits per heavy atom. The molecule has 0 saturated carbocycles. The van der Waals surface area contributed by atoms with Crippen LogP contribution in [0.2, 0.25) is 5.02 Å². The Hall–Kier alpha value is -2.80. The first-order valence-corrected chi connectivity index (χ1v) is 7.71. The molecule has 0 unspecified atom stereocenters. The van der Waals surface area contributed by atoms with Gasteiger partial charge in [-0.2, -0.15) is 0 Å². The van der Waals surface area contributed by atoms with E-state index < -0.39 is 0 Å². The molecule has 0 aliphatic heterocycles. The maximum atomic E-state index is 12.3. The fraction of sp³-hybridized carbons (Fsp3) is 0.188. The van der Waals surface area contributed by atoms with E-state index >= 15 is 0 Å². The minimum Gasteiger partial charge on any atom is -0.342 e. The average Bonchev–Trinajstić information content (AvgIpc) is 3.06. The van der Waals surface area contributed by atoms with Crippen molar-refractivity contribution in [2.24, 2.45) is 0 Å². The van der Waals surface area contributed by atoms with Crippen LogP contribution in [0.25, 0.3) is 0 Å². The van der Waals surface area contributed by atoms with E-state index in [1.807, 2.05) is 31.2 Å². The highest BCUT2D eigenvalue weighted by Crippen LogP contribution is 2.16. The summed E-state index contributed by atoms with van der Waals surface area (Å²) in [6.07, 6.45) is 4.66. The van der Waals surface area contributed by atoms with Crippen LogP contribution in [0.5, 0.6) is 0 Å². The number of aromatic nitrogens is 5. The summed E-state index contributed by atoms with van der Waals surface area (Å²) in [5.74, 6) is -0.313. The summed E-state index contributed by atoms with van der Waals surface area (Å²) in [5, 5.41) is 11.4. The summed E-state index contributed by atoms with van der Waals surface area (Å²) >= 11 is 6.13. The van der Waals surface area contributed by atoms with Crippen LogP contribution in [0.3, 0.4) is 0 Å². The SMILES string of the molecule is C[C@@H](NC(=O)c1cn(Cc2ccccc2Cl)nn1)c1ccncn1. The van der Waals surface area contributed by atoms with Crippen molar-refractivity contribution in [2.75, 3.05) is 0 Å². The van der Waals surface area contributed by atoms with Crippen molar-refractivity contribution < 1.29 is 4.79 Å². The van der Waals surface area contributed by atoms with Gasteiger partial charge in [-0.15, -0.1) is 5.10 Å². The lowest BCUT2D eigenvalue weighted by molar-refractivity contribution is 0.0934. The standard InChI is InChI=1S/C16H15ClN6O/c1-11(14-6-7-18-10-19-14)20-16(24)15-9-23(22-21-15)8-12-4-2-3-5-13(12)17/h2-7,9-11H,8H2,1H3,(H,20,24)/t11-/m1/s1. The van der Waals surface area contributed by atoms with Gasteiger partial charge in [0.2, 0.25) is 0 Å². The monoisotopic (exact) mass is 342 g/mol. The first-order valence-electron chi connectivity index (χ1n) is 7.34. The normalized spacial score (nSPS) is 11.9. The molecule has 1 amide bonds. The number of nitrogens with zero attached hydrogens (tertiary/aromatic N) is 5. The average molecular weight is 343 g/mol. The third kappa shape index (κ3) is 3.75. The Bertz CT molecular complexity index is 835. The van der Waals surface area contributed by atoms with E-state index in [0.717, 1.165) is 11.3 Å². The number of halogens is 1. The Balaban J connectivity index is 1.67. The second-order valence-electron chi connectivity index (χ2n) is 5.22. The smallest absolute Gasteiger partial charge is 0.273 e. The number of carbonyl (C=O) groups is 1. The van der Waals surface area contributed by atoms with Crippen LogP contribution in [-0.4, -0.2) is 30.9 Å². The zero-order chi connectivity index (χ0) is 16.9. The quantitative estimate of drug-likeness (QED) is 0.768. The highest BCUT2D eigenvalue weighted by Gasteiger charge is 2.15. The molecule has 3 aromatic rings. The molecule has 2 aromatic heterocycles. The summed E-state index contributed by atoms with van der Waals surface area (Å²) in [5.41, 5.74) is 1.87. The topological polar surface area (TPSA) is 85.6 Å². The Morgan fingerprint density at radius 3 is 2.92 bits per heavy atom. The molecular weight excluding hydrogens is 328 g/mol. The zero-order valence-corrected chi connectivity index (χ0v) is 13.7. The molecule has 8 heteroatoms. The Labute approximate surface area is 143 Å². The van der Waals surface area contributed by atoms with Crippen LogP contribution in [0.15, 0.2) is 49.1 Å². The maximum absolute atomic E-state index is 12.3. The predicted octanol–water partition coefficient (Wildman–Crippen LogP) is 2.26. The fourth-order valence-corrected chi connectivity index (χ4v) is 2.38. The number of hydrogen-bond acceptors (Lipinski definition) is 5. The van der Waals surface area contributed by atoms with Crippen molar-refractivity contribution >= 4 is 17.5 Å². The van der Waals surface area contributed by atoms with Gasteiger partial charge >= 0.3 is 0 Å². The molecule has 0 saturated heterocycles. The Kier molecular flexibility index (Phi) is 4.81. The molecule has 2 heterocycles. The predicted molar refractivity (Wildman–Crippen MR) is 88.5 cm³/mol. The summed E-state index contributed by atoms with van der Waals surface area (Å²) in [4.78, 5) is 20.2. The molecule has 3 rings (SSSR count). The fourth-order valence-electron chi connectivity index (χ4n) is 2.18.